The molecule has 7 nitrogen and oxygen atoms in total. The minimum Gasteiger partial charge on any atom is -0.507 e. The van der Waals surface area contributed by atoms with Crippen LogP contribution in [0.5, 0.6) is 11.5 Å². The molecule has 0 radical (unpaired) electrons. The molecule has 1 N–H and O–H groups in total. The number of amides is 1. The first-order chi connectivity index (χ1) is 17.0. The molecule has 3 heterocycles. The first-order valence-corrected chi connectivity index (χ1v) is 11.7. The molecule has 2 atom stereocenters. The highest BCUT2D eigenvalue weighted by Crippen LogP contribution is 2.44. The average Bonchev–Trinajstić information content (AvgIpc) is 3.36. The topological polar surface area (TPSA) is 89.0 Å². The summed E-state index contributed by atoms with van der Waals surface area (Å²) in [6.45, 7) is 4.46. The number of pyridine rings is 1. The maximum absolute atomic E-state index is 13.4. The van der Waals surface area contributed by atoms with Crippen molar-refractivity contribution < 1.29 is 24.2 Å². The van der Waals surface area contributed by atoms with Gasteiger partial charge in [-0.2, -0.15) is 0 Å². The third-order valence-electron chi connectivity index (χ3n) is 6.33. The Morgan fingerprint density at radius 1 is 1.14 bits per heavy atom. The summed E-state index contributed by atoms with van der Waals surface area (Å²) in [6, 6.07) is 15.4. The van der Waals surface area contributed by atoms with Gasteiger partial charge in [-0.25, -0.2) is 0 Å². The van der Waals surface area contributed by atoms with Gasteiger partial charge in [0, 0.05) is 36.5 Å². The number of nitrogens with zero attached hydrogens (tertiary/aromatic N) is 2. The number of likely N-dealkylation sites (tertiary alicyclic amines) is 1. The van der Waals surface area contributed by atoms with E-state index >= 15 is 0 Å². The monoisotopic (exact) mass is 470 g/mol. The molecule has 2 aliphatic rings. The van der Waals surface area contributed by atoms with Gasteiger partial charge in [-0.15, -0.1) is 0 Å². The molecule has 2 aromatic carbocycles. The number of aliphatic hydroxyl groups excluding tert-OH is 1. The number of carbonyl (C=O) groups is 2. The van der Waals surface area contributed by atoms with Crippen molar-refractivity contribution in [1.82, 2.24) is 9.88 Å². The van der Waals surface area contributed by atoms with E-state index in [9.17, 15) is 14.7 Å². The zero-order valence-electron chi connectivity index (χ0n) is 19.6. The summed E-state index contributed by atoms with van der Waals surface area (Å²) in [7, 11) is 0. The highest BCUT2D eigenvalue weighted by molar-refractivity contribution is 6.46. The van der Waals surface area contributed by atoms with Crippen molar-refractivity contribution in [1.29, 1.82) is 0 Å². The minimum absolute atomic E-state index is 0.0446. The van der Waals surface area contributed by atoms with Crippen LogP contribution in [0.3, 0.4) is 0 Å². The van der Waals surface area contributed by atoms with Crippen molar-refractivity contribution in [3.63, 3.8) is 0 Å². The van der Waals surface area contributed by atoms with E-state index in [4.69, 9.17) is 9.47 Å². The number of benzene rings is 2. The Morgan fingerprint density at radius 3 is 2.69 bits per heavy atom. The smallest absolute Gasteiger partial charge is 0.295 e. The molecule has 3 aromatic rings. The first-order valence-electron chi connectivity index (χ1n) is 11.7. The molecule has 1 amide bonds. The first kappa shape index (κ1) is 22.7. The standard InChI is InChI=1S/C28H26N2O5/c1-3-34-23-7-5-4-6-21(23)25-24(26(31)19-8-9-22-20(15-19)14-17(2)35-22)27(32)28(33)30(25)16-18-10-12-29-13-11-18/h4-13,15,17,25,31H,3,14,16H2,1-2H3/t17-,25-/m1/s1. The quantitative estimate of drug-likeness (QED) is 0.326. The fourth-order valence-electron chi connectivity index (χ4n) is 4.77. The van der Waals surface area contributed by atoms with Crippen LogP contribution in [0.4, 0.5) is 0 Å². The van der Waals surface area contributed by atoms with Gasteiger partial charge in [0.25, 0.3) is 11.7 Å². The molecule has 1 saturated heterocycles. The molecule has 0 spiro atoms. The van der Waals surface area contributed by atoms with Crippen molar-refractivity contribution >= 4 is 17.4 Å². The zero-order chi connectivity index (χ0) is 24.5. The number of aliphatic hydroxyl groups is 1. The van der Waals surface area contributed by atoms with Gasteiger partial charge in [0.05, 0.1) is 18.2 Å². The second kappa shape index (κ2) is 9.25. The van der Waals surface area contributed by atoms with Gasteiger partial charge in [-0.05, 0) is 61.4 Å². The number of para-hydroxylation sites is 1. The zero-order valence-corrected chi connectivity index (χ0v) is 19.6. The highest BCUT2D eigenvalue weighted by Gasteiger charge is 2.47. The Morgan fingerprint density at radius 2 is 1.91 bits per heavy atom. The van der Waals surface area contributed by atoms with Crippen molar-refractivity contribution in [2.75, 3.05) is 6.61 Å². The second-order valence-corrected chi connectivity index (χ2v) is 8.71. The molecule has 1 fully saturated rings. The SMILES string of the molecule is CCOc1ccccc1[C@@H]1C(=C(O)c2ccc3c(c2)C[C@@H](C)O3)C(=O)C(=O)N1Cc1ccncc1. The Balaban J connectivity index is 1.66. The van der Waals surface area contributed by atoms with Crippen molar-refractivity contribution in [2.24, 2.45) is 0 Å². The Bertz CT molecular complexity index is 1320. The molecule has 0 saturated carbocycles. The largest absolute Gasteiger partial charge is 0.507 e. The fourth-order valence-corrected chi connectivity index (χ4v) is 4.77. The maximum atomic E-state index is 13.4. The number of ketones is 1. The van der Waals surface area contributed by atoms with E-state index in [-0.39, 0.29) is 24.0 Å². The van der Waals surface area contributed by atoms with Gasteiger partial charge in [-0.3, -0.25) is 14.6 Å². The lowest BCUT2D eigenvalue weighted by Gasteiger charge is -2.27. The summed E-state index contributed by atoms with van der Waals surface area (Å²) in [4.78, 5) is 32.2. The van der Waals surface area contributed by atoms with Crippen LogP contribution < -0.4 is 9.47 Å². The Kier molecular flexibility index (Phi) is 5.99. The van der Waals surface area contributed by atoms with Gasteiger partial charge < -0.3 is 19.5 Å². The number of ether oxygens (including phenoxy) is 2. The van der Waals surface area contributed by atoms with Crippen LogP contribution >= 0.6 is 0 Å². The normalized spacial score (nSPS) is 20.6. The number of hydrogen-bond donors (Lipinski definition) is 1. The Labute approximate surface area is 203 Å². The van der Waals surface area contributed by atoms with E-state index in [0.29, 0.717) is 29.9 Å². The third kappa shape index (κ3) is 4.14. The van der Waals surface area contributed by atoms with Crippen LogP contribution in [0.25, 0.3) is 5.76 Å². The number of rotatable bonds is 6. The summed E-state index contributed by atoms with van der Waals surface area (Å²) in [5.41, 5.74) is 2.94. The van der Waals surface area contributed by atoms with Crippen LogP contribution in [0, 0.1) is 0 Å². The average molecular weight is 471 g/mol. The van der Waals surface area contributed by atoms with Gasteiger partial charge >= 0.3 is 0 Å². The summed E-state index contributed by atoms with van der Waals surface area (Å²) in [6.07, 6.45) is 4.04. The maximum Gasteiger partial charge on any atom is 0.295 e. The predicted octanol–water partition coefficient (Wildman–Crippen LogP) is 4.43. The second-order valence-electron chi connectivity index (χ2n) is 8.71. The summed E-state index contributed by atoms with van der Waals surface area (Å²) in [5, 5.41) is 11.4. The van der Waals surface area contributed by atoms with Crippen LogP contribution in [0.1, 0.15) is 42.1 Å². The van der Waals surface area contributed by atoms with Gasteiger partial charge in [0.1, 0.15) is 23.4 Å². The fraction of sp³-hybridized carbons (Fsp3) is 0.250. The molecule has 0 bridgehead atoms. The van der Waals surface area contributed by atoms with Gasteiger partial charge in [0.2, 0.25) is 0 Å². The van der Waals surface area contributed by atoms with E-state index < -0.39 is 17.7 Å². The summed E-state index contributed by atoms with van der Waals surface area (Å²) >= 11 is 0. The lowest BCUT2D eigenvalue weighted by molar-refractivity contribution is -0.140. The lowest BCUT2D eigenvalue weighted by atomic mass is 9.93. The molecule has 7 heteroatoms. The molecular formula is C28H26N2O5. The molecule has 2 aliphatic heterocycles. The van der Waals surface area contributed by atoms with Crippen LogP contribution in [-0.4, -0.2) is 39.4 Å². The minimum atomic E-state index is -0.811. The van der Waals surface area contributed by atoms with E-state index in [1.165, 1.54) is 4.90 Å². The number of fused-ring (bicyclic) bond motifs is 1. The molecule has 0 aliphatic carbocycles. The van der Waals surface area contributed by atoms with E-state index in [2.05, 4.69) is 4.98 Å². The molecule has 35 heavy (non-hydrogen) atoms. The predicted molar refractivity (Wildman–Crippen MR) is 130 cm³/mol. The molecule has 1 aromatic heterocycles. The van der Waals surface area contributed by atoms with E-state index in [1.807, 2.05) is 38.1 Å². The van der Waals surface area contributed by atoms with Crippen molar-refractivity contribution in [2.45, 2.75) is 39.0 Å². The molecule has 5 rings (SSSR count). The van der Waals surface area contributed by atoms with Crippen LogP contribution in [0.2, 0.25) is 0 Å². The molecule has 178 valence electrons. The number of carbonyl (C=O) groups excluding carboxylic acids is 2. The number of Topliss-reactive ketones (excluding diaryl/α,β-unsaturated/α-hetero) is 1. The Hall–Kier alpha value is -4.13. The van der Waals surface area contributed by atoms with Crippen molar-refractivity contribution in [3.05, 3.63) is 94.8 Å². The summed E-state index contributed by atoms with van der Waals surface area (Å²) < 4.78 is 11.6. The van der Waals surface area contributed by atoms with Gasteiger partial charge in [0.15, 0.2) is 0 Å². The molecular weight excluding hydrogens is 444 g/mol. The summed E-state index contributed by atoms with van der Waals surface area (Å²) in [5.74, 6) is -0.274. The van der Waals surface area contributed by atoms with Crippen molar-refractivity contribution in [3.8, 4) is 11.5 Å². The highest BCUT2D eigenvalue weighted by atomic mass is 16.5. The lowest BCUT2D eigenvalue weighted by Crippen LogP contribution is -2.29. The van der Waals surface area contributed by atoms with E-state index in [0.717, 1.165) is 16.9 Å². The van der Waals surface area contributed by atoms with Crippen LogP contribution in [0.15, 0.2) is 72.6 Å². The number of hydrogen-bond acceptors (Lipinski definition) is 6. The van der Waals surface area contributed by atoms with Crippen LogP contribution in [-0.2, 0) is 22.6 Å². The van der Waals surface area contributed by atoms with Gasteiger partial charge in [-0.1, -0.05) is 18.2 Å². The third-order valence-corrected chi connectivity index (χ3v) is 6.33. The molecule has 0 unspecified atom stereocenters. The van der Waals surface area contributed by atoms with E-state index in [1.54, 1.807) is 42.7 Å². The number of aromatic nitrogens is 1.